The molecule has 0 fully saturated rings. The van der Waals surface area contributed by atoms with Crippen molar-refractivity contribution in [3.05, 3.63) is 28.8 Å². The predicted molar refractivity (Wildman–Crippen MR) is 120 cm³/mol. The van der Waals surface area contributed by atoms with Crippen LogP contribution in [0.3, 0.4) is 0 Å². The summed E-state index contributed by atoms with van der Waals surface area (Å²) in [6, 6.07) is 3.63. The highest BCUT2D eigenvalue weighted by Crippen LogP contribution is 2.37. The number of amides is 1. The van der Waals surface area contributed by atoms with Crippen molar-refractivity contribution < 1.29 is 23.8 Å². The number of esters is 1. The van der Waals surface area contributed by atoms with Crippen molar-refractivity contribution in [3.8, 4) is 5.88 Å². The fraction of sp³-hybridized carbons (Fsp3) is 0.455. The Labute approximate surface area is 184 Å². The number of rotatable bonds is 6. The Kier molecular flexibility index (Phi) is 6.64. The number of fused-ring (bicyclic) bond motifs is 3. The van der Waals surface area contributed by atoms with Crippen LogP contribution >= 0.6 is 11.3 Å². The highest BCUT2D eigenvalue weighted by molar-refractivity contribution is 7.21. The maximum atomic E-state index is 12.5. The Morgan fingerprint density at radius 1 is 1.23 bits per heavy atom. The number of hydrogen-bond acceptors (Lipinski definition) is 8. The molecule has 0 saturated carbocycles. The van der Waals surface area contributed by atoms with E-state index >= 15 is 0 Å². The first kappa shape index (κ1) is 22.7. The number of aromatic nitrogens is 2. The van der Waals surface area contributed by atoms with Crippen LogP contribution < -0.4 is 10.1 Å². The molecule has 2 aromatic heterocycles. The van der Waals surface area contributed by atoms with Gasteiger partial charge in [0.15, 0.2) is 0 Å². The molecule has 1 N–H and O–H groups in total. The van der Waals surface area contributed by atoms with Crippen LogP contribution in [-0.4, -0.2) is 47.9 Å². The van der Waals surface area contributed by atoms with Crippen LogP contribution in [0, 0.1) is 0 Å². The average Bonchev–Trinajstić information content (AvgIpc) is 3.08. The zero-order valence-corrected chi connectivity index (χ0v) is 19.4. The van der Waals surface area contributed by atoms with Crippen LogP contribution in [-0.2, 0) is 15.9 Å². The first-order chi connectivity index (χ1) is 14.6. The van der Waals surface area contributed by atoms with Gasteiger partial charge in [-0.05, 0) is 58.2 Å². The molecule has 0 radical (unpaired) electrons. The lowest BCUT2D eigenvalue weighted by molar-refractivity contribution is 0.0504. The van der Waals surface area contributed by atoms with E-state index in [9.17, 15) is 9.59 Å². The quantitative estimate of drug-likeness (QED) is 0.558. The molecule has 3 aromatic rings. The number of alkyl carbamates (subject to hydrolysis) is 1. The molecule has 0 aliphatic rings. The number of ether oxygens (including phenoxy) is 3. The first-order valence-corrected chi connectivity index (χ1v) is 10.8. The van der Waals surface area contributed by atoms with E-state index in [1.165, 1.54) is 18.4 Å². The number of nitrogens with one attached hydrogen (secondary N) is 1. The van der Waals surface area contributed by atoms with E-state index in [1.54, 1.807) is 13.3 Å². The number of methoxy groups -OCH3 is 2. The summed E-state index contributed by atoms with van der Waals surface area (Å²) in [5, 5.41) is 3.72. The Hall–Kier alpha value is -2.94. The number of carbonyl (C=O) groups is 2. The van der Waals surface area contributed by atoms with E-state index in [-0.39, 0.29) is 6.04 Å². The van der Waals surface area contributed by atoms with E-state index in [2.05, 4.69) is 15.3 Å². The van der Waals surface area contributed by atoms with Gasteiger partial charge in [0, 0.05) is 16.1 Å². The summed E-state index contributed by atoms with van der Waals surface area (Å²) in [5.74, 6) is 0.0329. The Balaban J connectivity index is 1.94. The smallest absolute Gasteiger partial charge is 0.407 e. The van der Waals surface area contributed by atoms with Gasteiger partial charge in [-0.2, -0.15) is 0 Å². The fourth-order valence-corrected chi connectivity index (χ4v) is 4.42. The number of thiophene rings is 1. The van der Waals surface area contributed by atoms with Crippen LogP contribution in [0.4, 0.5) is 4.79 Å². The molecule has 0 aliphatic carbocycles. The van der Waals surface area contributed by atoms with Gasteiger partial charge < -0.3 is 19.5 Å². The SMILES string of the molecule is COC(=O)c1sc2ccc3nc(OC)cnc3c2c1CC[C@@H](C)NC(=O)OC(C)(C)C. The Morgan fingerprint density at radius 3 is 2.61 bits per heavy atom. The molecular formula is C22H27N3O5S. The second kappa shape index (κ2) is 9.05. The van der Waals surface area contributed by atoms with Gasteiger partial charge in [-0.15, -0.1) is 11.3 Å². The fourth-order valence-electron chi connectivity index (χ4n) is 3.25. The average molecular weight is 446 g/mol. The molecule has 0 saturated heterocycles. The van der Waals surface area contributed by atoms with Crippen LogP contribution in [0.1, 0.15) is 49.4 Å². The Morgan fingerprint density at radius 2 is 1.97 bits per heavy atom. The number of carbonyl (C=O) groups excluding carboxylic acids is 2. The van der Waals surface area contributed by atoms with Gasteiger partial charge in [0.25, 0.3) is 0 Å². The summed E-state index contributed by atoms with van der Waals surface area (Å²) in [5.41, 5.74) is 1.66. The third-order valence-corrected chi connectivity index (χ3v) is 5.79. The predicted octanol–water partition coefficient (Wildman–Crippen LogP) is 4.49. The third kappa shape index (κ3) is 5.22. The van der Waals surface area contributed by atoms with Crippen LogP contribution in [0.25, 0.3) is 21.1 Å². The zero-order chi connectivity index (χ0) is 22.8. The summed E-state index contributed by atoms with van der Waals surface area (Å²) < 4.78 is 16.4. The second-order valence-electron chi connectivity index (χ2n) is 8.21. The van der Waals surface area contributed by atoms with Crippen LogP contribution in [0.5, 0.6) is 5.88 Å². The molecule has 166 valence electrons. The summed E-state index contributed by atoms with van der Waals surface area (Å²) in [6.07, 6.45) is 2.25. The van der Waals surface area contributed by atoms with Crippen molar-refractivity contribution in [2.45, 2.75) is 52.2 Å². The monoisotopic (exact) mass is 445 g/mol. The highest BCUT2D eigenvalue weighted by Gasteiger charge is 2.23. The molecule has 0 bridgehead atoms. The van der Waals surface area contributed by atoms with Gasteiger partial charge >= 0.3 is 12.1 Å². The van der Waals surface area contributed by atoms with Crippen molar-refractivity contribution in [3.63, 3.8) is 0 Å². The highest BCUT2D eigenvalue weighted by atomic mass is 32.1. The summed E-state index contributed by atoms with van der Waals surface area (Å²) in [4.78, 5) is 34.1. The van der Waals surface area contributed by atoms with Gasteiger partial charge in [0.05, 0.1) is 31.4 Å². The van der Waals surface area contributed by atoms with E-state index < -0.39 is 17.7 Å². The van der Waals surface area contributed by atoms with Gasteiger partial charge in [-0.25, -0.2) is 19.6 Å². The van der Waals surface area contributed by atoms with Gasteiger partial charge in [0.2, 0.25) is 5.88 Å². The van der Waals surface area contributed by atoms with Gasteiger partial charge in [0.1, 0.15) is 10.5 Å². The number of nitrogens with zero attached hydrogens (tertiary/aromatic N) is 2. The van der Waals surface area contributed by atoms with Crippen molar-refractivity contribution >= 4 is 44.5 Å². The minimum atomic E-state index is -0.565. The number of hydrogen-bond donors (Lipinski definition) is 1. The number of benzene rings is 1. The number of aryl methyl sites for hydroxylation is 1. The molecule has 8 nitrogen and oxygen atoms in total. The van der Waals surface area contributed by atoms with Gasteiger partial charge in [-0.3, -0.25) is 0 Å². The van der Waals surface area contributed by atoms with E-state index in [4.69, 9.17) is 14.2 Å². The van der Waals surface area contributed by atoms with Gasteiger partial charge in [-0.1, -0.05) is 0 Å². The first-order valence-electron chi connectivity index (χ1n) is 9.96. The van der Waals surface area contributed by atoms with E-state index in [0.717, 1.165) is 15.6 Å². The van der Waals surface area contributed by atoms with Crippen molar-refractivity contribution in [1.82, 2.24) is 15.3 Å². The molecule has 0 spiro atoms. The third-order valence-electron chi connectivity index (χ3n) is 4.61. The molecule has 31 heavy (non-hydrogen) atoms. The largest absolute Gasteiger partial charge is 0.480 e. The molecule has 1 amide bonds. The second-order valence-corrected chi connectivity index (χ2v) is 9.26. The van der Waals surface area contributed by atoms with E-state index in [1.807, 2.05) is 39.8 Å². The molecule has 0 aliphatic heterocycles. The molecular weight excluding hydrogens is 418 g/mol. The zero-order valence-electron chi connectivity index (χ0n) is 18.6. The van der Waals surface area contributed by atoms with Crippen molar-refractivity contribution in [2.75, 3.05) is 14.2 Å². The minimum absolute atomic E-state index is 0.156. The summed E-state index contributed by atoms with van der Waals surface area (Å²) in [6.45, 7) is 7.36. The molecule has 1 aromatic carbocycles. The topological polar surface area (TPSA) is 99.6 Å². The molecule has 3 rings (SSSR count). The lowest BCUT2D eigenvalue weighted by Crippen LogP contribution is -2.37. The molecule has 9 heteroatoms. The summed E-state index contributed by atoms with van der Waals surface area (Å²) >= 11 is 1.37. The standard InChI is InChI=1S/C22H27N3O5S/c1-12(24-21(27)30-22(2,3)4)7-8-13-17-15(31-19(13)20(26)29-6)10-9-14-18(17)23-11-16(25-14)28-5/h9-12H,7-8H2,1-6H3,(H,24,27)/t12-/m1/s1. The molecule has 1 atom stereocenters. The lowest BCUT2D eigenvalue weighted by Gasteiger charge is -2.22. The lowest BCUT2D eigenvalue weighted by atomic mass is 10.0. The van der Waals surface area contributed by atoms with Crippen LogP contribution in [0.2, 0.25) is 0 Å². The molecule has 2 heterocycles. The Bertz CT molecular complexity index is 1120. The maximum absolute atomic E-state index is 12.5. The molecule has 0 unspecified atom stereocenters. The maximum Gasteiger partial charge on any atom is 0.407 e. The van der Waals surface area contributed by atoms with Crippen molar-refractivity contribution in [2.24, 2.45) is 0 Å². The summed E-state index contributed by atoms with van der Waals surface area (Å²) in [7, 11) is 2.91. The van der Waals surface area contributed by atoms with Crippen molar-refractivity contribution in [1.29, 1.82) is 0 Å². The van der Waals surface area contributed by atoms with Crippen LogP contribution in [0.15, 0.2) is 18.3 Å². The van der Waals surface area contributed by atoms with E-state index in [0.29, 0.717) is 34.6 Å². The normalized spacial score (nSPS) is 12.6. The minimum Gasteiger partial charge on any atom is -0.480 e.